The Kier molecular flexibility index (Phi) is 4.58. The van der Waals surface area contributed by atoms with Crippen LogP contribution in [0.4, 0.5) is 0 Å². The van der Waals surface area contributed by atoms with E-state index >= 15 is 0 Å². The summed E-state index contributed by atoms with van der Waals surface area (Å²) >= 11 is 0. The molecular formula is C12H19ClN2. The first-order valence-electron chi connectivity index (χ1n) is 5.28. The minimum absolute atomic E-state index is 0. The lowest BCUT2D eigenvalue weighted by Gasteiger charge is -2.25. The lowest BCUT2D eigenvalue weighted by Crippen LogP contribution is -2.42. The quantitative estimate of drug-likeness (QED) is 0.765. The summed E-state index contributed by atoms with van der Waals surface area (Å²) in [5, 5.41) is 6.92. The Morgan fingerprint density at radius 1 is 1.13 bits per heavy atom. The van der Waals surface area contributed by atoms with Crippen LogP contribution in [0.25, 0.3) is 0 Å². The molecule has 1 fully saturated rings. The second-order valence-electron chi connectivity index (χ2n) is 4.05. The van der Waals surface area contributed by atoms with E-state index in [4.69, 9.17) is 0 Å². The maximum Gasteiger partial charge on any atom is 0.0447 e. The van der Waals surface area contributed by atoms with E-state index in [9.17, 15) is 0 Å². The molecule has 2 nitrogen and oxygen atoms in total. The Labute approximate surface area is 97.9 Å². The molecule has 2 rings (SSSR count). The van der Waals surface area contributed by atoms with E-state index in [2.05, 4.69) is 42.7 Å². The Hall–Kier alpha value is -0.570. The van der Waals surface area contributed by atoms with Crippen LogP contribution in [0.3, 0.4) is 0 Å². The monoisotopic (exact) mass is 226 g/mol. The number of nitrogens with one attached hydrogen (secondary N) is 2. The van der Waals surface area contributed by atoms with Crippen molar-refractivity contribution in [3.63, 3.8) is 0 Å². The van der Waals surface area contributed by atoms with E-state index in [1.54, 1.807) is 0 Å². The van der Waals surface area contributed by atoms with Crippen molar-refractivity contribution >= 4 is 12.4 Å². The summed E-state index contributed by atoms with van der Waals surface area (Å²) in [7, 11) is 0. The van der Waals surface area contributed by atoms with Crippen LogP contribution >= 0.6 is 12.4 Å². The van der Waals surface area contributed by atoms with Gasteiger partial charge < -0.3 is 10.6 Å². The van der Waals surface area contributed by atoms with Gasteiger partial charge in [0.25, 0.3) is 0 Å². The van der Waals surface area contributed by atoms with E-state index in [0.29, 0.717) is 6.04 Å². The summed E-state index contributed by atoms with van der Waals surface area (Å²) < 4.78 is 0. The normalized spacial score (nSPS) is 20.8. The molecule has 1 saturated heterocycles. The standard InChI is InChI=1S/C12H18N2.ClH/c1-9-3-4-11(7-10(9)2)12-8-13-5-6-14-12;/h3-4,7,12-14H,5-6,8H2,1-2H3;1H/t12-;/m1./s1. The second kappa shape index (κ2) is 5.50. The molecule has 0 amide bonds. The molecule has 3 heteroatoms. The van der Waals surface area contributed by atoms with Crippen LogP contribution in [-0.2, 0) is 0 Å². The third-order valence-electron chi connectivity index (χ3n) is 2.97. The van der Waals surface area contributed by atoms with Crippen molar-refractivity contribution in [1.29, 1.82) is 0 Å². The van der Waals surface area contributed by atoms with E-state index < -0.39 is 0 Å². The van der Waals surface area contributed by atoms with Crippen molar-refractivity contribution in [3.05, 3.63) is 34.9 Å². The predicted octanol–water partition coefficient (Wildman–Crippen LogP) is 1.96. The third kappa shape index (κ3) is 2.94. The summed E-state index contributed by atoms with van der Waals surface area (Å²) in [6.07, 6.45) is 0. The number of halogens is 1. The summed E-state index contributed by atoms with van der Waals surface area (Å²) in [6.45, 7) is 7.53. The predicted molar refractivity (Wildman–Crippen MR) is 66.8 cm³/mol. The zero-order valence-corrected chi connectivity index (χ0v) is 10.2. The number of aryl methyl sites for hydroxylation is 2. The maximum atomic E-state index is 3.52. The van der Waals surface area contributed by atoms with Crippen LogP contribution in [0.1, 0.15) is 22.7 Å². The summed E-state index contributed by atoms with van der Waals surface area (Å²) in [6, 6.07) is 7.22. The third-order valence-corrected chi connectivity index (χ3v) is 2.97. The van der Waals surface area contributed by atoms with Gasteiger partial charge in [0.15, 0.2) is 0 Å². The lowest BCUT2D eigenvalue weighted by atomic mass is 10.0. The molecule has 1 aromatic carbocycles. The van der Waals surface area contributed by atoms with Gasteiger partial charge in [-0.2, -0.15) is 0 Å². The molecule has 0 bridgehead atoms. The van der Waals surface area contributed by atoms with Gasteiger partial charge in [0.1, 0.15) is 0 Å². The molecule has 1 aromatic rings. The van der Waals surface area contributed by atoms with Crippen LogP contribution in [0, 0.1) is 13.8 Å². The molecule has 0 aliphatic carbocycles. The Bertz CT molecular complexity index is 319. The fourth-order valence-electron chi connectivity index (χ4n) is 1.87. The number of hydrogen-bond acceptors (Lipinski definition) is 2. The fourth-order valence-corrected chi connectivity index (χ4v) is 1.87. The molecular weight excluding hydrogens is 208 g/mol. The topological polar surface area (TPSA) is 24.1 Å². The molecule has 15 heavy (non-hydrogen) atoms. The van der Waals surface area contributed by atoms with Gasteiger partial charge in [-0.15, -0.1) is 12.4 Å². The van der Waals surface area contributed by atoms with E-state index in [1.165, 1.54) is 16.7 Å². The highest BCUT2D eigenvalue weighted by Crippen LogP contribution is 2.17. The van der Waals surface area contributed by atoms with Crippen molar-refractivity contribution < 1.29 is 0 Å². The van der Waals surface area contributed by atoms with Gasteiger partial charge in [0.2, 0.25) is 0 Å². The maximum absolute atomic E-state index is 3.52. The number of hydrogen-bond donors (Lipinski definition) is 2. The zero-order valence-electron chi connectivity index (χ0n) is 9.34. The van der Waals surface area contributed by atoms with E-state index in [1.807, 2.05) is 0 Å². The van der Waals surface area contributed by atoms with Gasteiger partial charge in [-0.3, -0.25) is 0 Å². The molecule has 1 aliphatic heterocycles. The molecule has 0 unspecified atom stereocenters. The van der Waals surface area contributed by atoms with Gasteiger partial charge in [-0.05, 0) is 30.5 Å². The highest BCUT2D eigenvalue weighted by Gasteiger charge is 2.13. The minimum atomic E-state index is 0. The van der Waals surface area contributed by atoms with Crippen molar-refractivity contribution in [3.8, 4) is 0 Å². The average molecular weight is 227 g/mol. The van der Waals surface area contributed by atoms with Gasteiger partial charge >= 0.3 is 0 Å². The molecule has 0 saturated carbocycles. The first kappa shape index (κ1) is 12.5. The first-order valence-corrected chi connectivity index (χ1v) is 5.28. The Morgan fingerprint density at radius 2 is 1.93 bits per heavy atom. The van der Waals surface area contributed by atoms with Crippen LogP contribution in [0.15, 0.2) is 18.2 Å². The van der Waals surface area contributed by atoms with Crippen molar-refractivity contribution in [2.24, 2.45) is 0 Å². The molecule has 1 aliphatic rings. The molecule has 1 atom stereocenters. The second-order valence-corrected chi connectivity index (χ2v) is 4.05. The number of benzene rings is 1. The van der Waals surface area contributed by atoms with Crippen LogP contribution in [-0.4, -0.2) is 19.6 Å². The molecule has 2 N–H and O–H groups in total. The van der Waals surface area contributed by atoms with Crippen molar-refractivity contribution in [2.45, 2.75) is 19.9 Å². The highest BCUT2D eigenvalue weighted by atomic mass is 35.5. The Morgan fingerprint density at radius 3 is 2.53 bits per heavy atom. The van der Waals surface area contributed by atoms with Gasteiger partial charge in [0, 0.05) is 25.7 Å². The van der Waals surface area contributed by atoms with Crippen LogP contribution in [0.5, 0.6) is 0 Å². The smallest absolute Gasteiger partial charge is 0.0447 e. The summed E-state index contributed by atoms with van der Waals surface area (Å²) in [5.74, 6) is 0. The summed E-state index contributed by atoms with van der Waals surface area (Å²) in [4.78, 5) is 0. The molecule has 84 valence electrons. The summed E-state index contributed by atoms with van der Waals surface area (Å²) in [5.41, 5.74) is 4.16. The van der Waals surface area contributed by atoms with Crippen molar-refractivity contribution in [1.82, 2.24) is 10.6 Å². The first-order chi connectivity index (χ1) is 6.77. The fraction of sp³-hybridized carbons (Fsp3) is 0.500. The van der Waals surface area contributed by atoms with Crippen LogP contribution < -0.4 is 10.6 Å². The molecule has 0 spiro atoms. The van der Waals surface area contributed by atoms with E-state index in [0.717, 1.165) is 19.6 Å². The van der Waals surface area contributed by atoms with E-state index in [-0.39, 0.29) is 12.4 Å². The van der Waals surface area contributed by atoms with Gasteiger partial charge in [-0.1, -0.05) is 18.2 Å². The van der Waals surface area contributed by atoms with Gasteiger partial charge in [0.05, 0.1) is 0 Å². The zero-order chi connectivity index (χ0) is 9.97. The largest absolute Gasteiger partial charge is 0.314 e. The number of rotatable bonds is 1. The molecule has 0 aromatic heterocycles. The lowest BCUT2D eigenvalue weighted by molar-refractivity contribution is 0.430. The average Bonchev–Trinajstić information content (AvgIpc) is 2.23. The molecule has 1 heterocycles. The minimum Gasteiger partial charge on any atom is -0.314 e. The Balaban J connectivity index is 0.00000112. The van der Waals surface area contributed by atoms with Crippen molar-refractivity contribution in [2.75, 3.05) is 19.6 Å². The SMILES string of the molecule is Cc1ccc([C@H]2CNCCN2)cc1C.Cl. The van der Waals surface area contributed by atoms with Gasteiger partial charge in [-0.25, -0.2) is 0 Å². The van der Waals surface area contributed by atoms with Crippen LogP contribution in [0.2, 0.25) is 0 Å². The number of piperazine rings is 1. The highest BCUT2D eigenvalue weighted by molar-refractivity contribution is 5.85. The molecule has 0 radical (unpaired) electrons.